The summed E-state index contributed by atoms with van der Waals surface area (Å²) >= 11 is 0. The van der Waals surface area contributed by atoms with Crippen LogP contribution in [0.15, 0.2) is 18.2 Å². The lowest BCUT2D eigenvalue weighted by Crippen LogP contribution is -2.31. The maximum atomic E-state index is 13.6. The highest BCUT2D eigenvalue weighted by molar-refractivity contribution is 5.37. The quantitative estimate of drug-likeness (QED) is 0.886. The Bertz CT molecular complexity index is 448. The van der Waals surface area contributed by atoms with Gasteiger partial charge in [0.1, 0.15) is 11.6 Å². The fourth-order valence-corrected chi connectivity index (χ4v) is 3.35. The van der Waals surface area contributed by atoms with Crippen LogP contribution in [0.1, 0.15) is 51.1 Å². The van der Waals surface area contributed by atoms with E-state index in [4.69, 9.17) is 4.74 Å². The summed E-state index contributed by atoms with van der Waals surface area (Å²) in [5.74, 6) is 1.12. The number of rotatable bonds is 4. The molecule has 1 N–H and O–H groups in total. The van der Waals surface area contributed by atoms with E-state index in [1.54, 1.807) is 19.2 Å². The van der Waals surface area contributed by atoms with E-state index in [9.17, 15) is 4.39 Å². The van der Waals surface area contributed by atoms with Crippen LogP contribution in [0.3, 0.4) is 0 Å². The second-order valence-corrected chi connectivity index (χ2v) is 6.65. The molecule has 0 heterocycles. The van der Waals surface area contributed by atoms with E-state index < -0.39 is 0 Å². The Morgan fingerprint density at radius 3 is 2.50 bits per heavy atom. The summed E-state index contributed by atoms with van der Waals surface area (Å²) in [4.78, 5) is 0. The first-order chi connectivity index (χ1) is 9.46. The summed E-state index contributed by atoms with van der Waals surface area (Å²) in [7, 11) is 3.60. The largest absolute Gasteiger partial charge is 0.496 e. The third kappa shape index (κ3) is 3.32. The molecule has 1 saturated carbocycles. The maximum Gasteiger partial charge on any atom is 0.123 e. The Labute approximate surface area is 121 Å². The van der Waals surface area contributed by atoms with Crippen molar-refractivity contribution in [1.82, 2.24) is 5.32 Å². The van der Waals surface area contributed by atoms with Crippen LogP contribution in [0.5, 0.6) is 5.75 Å². The Hall–Kier alpha value is -1.09. The number of hydrogen-bond donors (Lipinski definition) is 1. The normalized spacial score (nSPS) is 20.6. The molecule has 1 aromatic carbocycles. The van der Waals surface area contributed by atoms with E-state index in [-0.39, 0.29) is 11.9 Å². The lowest BCUT2D eigenvalue weighted by Gasteiger charge is -2.38. The van der Waals surface area contributed by atoms with Crippen LogP contribution >= 0.6 is 0 Å². The van der Waals surface area contributed by atoms with Crippen molar-refractivity contribution in [1.29, 1.82) is 0 Å². The van der Waals surface area contributed by atoms with Gasteiger partial charge in [-0.2, -0.15) is 0 Å². The summed E-state index contributed by atoms with van der Waals surface area (Å²) in [5.41, 5.74) is 1.39. The fraction of sp³-hybridized carbons (Fsp3) is 0.647. The number of methoxy groups -OCH3 is 1. The topological polar surface area (TPSA) is 21.3 Å². The lowest BCUT2D eigenvalue weighted by atomic mass is 9.70. The minimum Gasteiger partial charge on any atom is -0.496 e. The van der Waals surface area contributed by atoms with Crippen molar-refractivity contribution in [2.45, 2.75) is 45.6 Å². The molecular formula is C17H26FNO. The maximum absolute atomic E-state index is 13.6. The molecule has 1 aliphatic carbocycles. The van der Waals surface area contributed by atoms with Gasteiger partial charge < -0.3 is 10.1 Å². The van der Waals surface area contributed by atoms with Gasteiger partial charge in [0, 0.05) is 11.6 Å². The molecule has 0 amide bonds. The molecule has 3 heteroatoms. The molecule has 20 heavy (non-hydrogen) atoms. The monoisotopic (exact) mass is 279 g/mol. The molecule has 1 aromatic rings. The molecule has 1 unspecified atom stereocenters. The second kappa shape index (κ2) is 6.13. The molecule has 1 fully saturated rings. The SMILES string of the molecule is CNC(c1cc(F)ccc1OC)C1CCC(C)(C)CC1. The molecule has 0 aliphatic heterocycles. The van der Waals surface area contributed by atoms with Crippen LogP contribution in [0.2, 0.25) is 0 Å². The van der Waals surface area contributed by atoms with Crippen LogP contribution in [0, 0.1) is 17.2 Å². The van der Waals surface area contributed by atoms with Gasteiger partial charge in [-0.3, -0.25) is 0 Å². The minimum atomic E-state index is -0.197. The van der Waals surface area contributed by atoms with E-state index in [0.29, 0.717) is 11.3 Å². The molecule has 0 saturated heterocycles. The molecule has 1 atom stereocenters. The number of benzene rings is 1. The first-order valence-corrected chi connectivity index (χ1v) is 7.47. The van der Waals surface area contributed by atoms with Crippen molar-refractivity contribution >= 4 is 0 Å². The van der Waals surface area contributed by atoms with Gasteiger partial charge in [-0.05, 0) is 62.3 Å². The average molecular weight is 279 g/mol. The summed E-state index contributed by atoms with van der Waals surface area (Å²) in [5, 5.41) is 3.37. The van der Waals surface area contributed by atoms with Crippen molar-refractivity contribution in [3.63, 3.8) is 0 Å². The van der Waals surface area contributed by atoms with E-state index in [2.05, 4.69) is 19.2 Å². The molecule has 2 rings (SSSR count). The Morgan fingerprint density at radius 2 is 1.95 bits per heavy atom. The van der Waals surface area contributed by atoms with Crippen LogP contribution < -0.4 is 10.1 Å². The highest BCUT2D eigenvalue weighted by atomic mass is 19.1. The molecule has 0 bridgehead atoms. The van der Waals surface area contributed by atoms with Crippen molar-refractivity contribution in [2.24, 2.45) is 11.3 Å². The third-order valence-corrected chi connectivity index (χ3v) is 4.69. The van der Waals surface area contributed by atoms with Gasteiger partial charge in [0.05, 0.1) is 7.11 Å². The second-order valence-electron chi connectivity index (χ2n) is 6.65. The van der Waals surface area contributed by atoms with E-state index >= 15 is 0 Å². The molecule has 0 radical (unpaired) electrons. The van der Waals surface area contributed by atoms with Crippen molar-refractivity contribution < 1.29 is 9.13 Å². The van der Waals surface area contributed by atoms with Gasteiger partial charge >= 0.3 is 0 Å². The molecule has 1 aliphatic rings. The zero-order valence-electron chi connectivity index (χ0n) is 13.0. The van der Waals surface area contributed by atoms with Crippen LogP contribution in [-0.4, -0.2) is 14.2 Å². The molecular weight excluding hydrogens is 253 g/mol. The van der Waals surface area contributed by atoms with Crippen molar-refractivity contribution in [3.05, 3.63) is 29.6 Å². The van der Waals surface area contributed by atoms with Crippen LogP contribution in [0.25, 0.3) is 0 Å². The Kier molecular flexibility index (Phi) is 4.69. The van der Waals surface area contributed by atoms with Crippen molar-refractivity contribution in [2.75, 3.05) is 14.2 Å². The van der Waals surface area contributed by atoms with Gasteiger partial charge in [-0.25, -0.2) is 4.39 Å². The van der Waals surface area contributed by atoms with Gasteiger partial charge in [-0.15, -0.1) is 0 Å². The zero-order valence-corrected chi connectivity index (χ0v) is 13.0. The first-order valence-electron chi connectivity index (χ1n) is 7.47. The summed E-state index contributed by atoms with van der Waals surface area (Å²) < 4.78 is 19.0. The summed E-state index contributed by atoms with van der Waals surface area (Å²) in [6.07, 6.45) is 4.82. The highest BCUT2D eigenvalue weighted by Gasteiger charge is 2.32. The highest BCUT2D eigenvalue weighted by Crippen LogP contribution is 2.44. The molecule has 2 nitrogen and oxygen atoms in total. The fourth-order valence-electron chi connectivity index (χ4n) is 3.35. The van der Waals surface area contributed by atoms with Crippen LogP contribution in [-0.2, 0) is 0 Å². The number of ether oxygens (including phenoxy) is 1. The number of hydrogen-bond acceptors (Lipinski definition) is 2. The average Bonchev–Trinajstić information content (AvgIpc) is 2.41. The standard InChI is InChI=1S/C17H26FNO/c1-17(2)9-7-12(8-10-17)16(19-3)14-11-13(18)5-6-15(14)20-4/h5-6,11-12,16,19H,7-10H2,1-4H3. The number of halogens is 1. The van der Waals surface area contributed by atoms with Crippen LogP contribution in [0.4, 0.5) is 4.39 Å². The lowest BCUT2D eigenvalue weighted by molar-refractivity contribution is 0.163. The predicted octanol–water partition coefficient (Wildman–Crippen LogP) is 4.31. The zero-order chi connectivity index (χ0) is 14.8. The Balaban J connectivity index is 2.22. The van der Waals surface area contributed by atoms with Crippen molar-refractivity contribution in [3.8, 4) is 5.75 Å². The molecule has 0 aromatic heterocycles. The molecule has 0 spiro atoms. The summed E-state index contributed by atoms with van der Waals surface area (Å²) in [6, 6.07) is 4.96. The summed E-state index contributed by atoms with van der Waals surface area (Å²) in [6.45, 7) is 4.67. The minimum absolute atomic E-state index is 0.164. The number of nitrogens with one attached hydrogen (secondary N) is 1. The van der Waals surface area contributed by atoms with Gasteiger partial charge in [0.15, 0.2) is 0 Å². The Morgan fingerprint density at radius 1 is 1.30 bits per heavy atom. The first kappa shape index (κ1) is 15.3. The molecule has 112 valence electrons. The van der Waals surface area contributed by atoms with E-state index in [1.807, 2.05) is 7.05 Å². The predicted molar refractivity (Wildman–Crippen MR) is 80.5 cm³/mol. The van der Waals surface area contributed by atoms with Gasteiger partial charge in [0.25, 0.3) is 0 Å². The van der Waals surface area contributed by atoms with Gasteiger partial charge in [-0.1, -0.05) is 13.8 Å². The van der Waals surface area contributed by atoms with E-state index in [0.717, 1.165) is 11.3 Å². The third-order valence-electron chi connectivity index (χ3n) is 4.69. The van der Waals surface area contributed by atoms with E-state index in [1.165, 1.54) is 31.7 Å². The smallest absolute Gasteiger partial charge is 0.123 e. The van der Waals surface area contributed by atoms with Gasteiger partial charge in [0.2, 0.25) is 0 Å².